The molecule has 7 heteroatoms. The third-order valence-corrected chi connectivity index (χ3v) is 2.93. The summed E-state index contributed by atoms with van der Waals surface area (Å²) in [6, 6.07) is 0.975. The zero-order valence-electron chi connectivity index (χ0n) is 9.79. The predicted molar refractivity (Wildman–Crippen MR) is 62.3 cm³/mol. The summed E-state index contributed by atoms with van der Waals surface area (Å²) in [5.74, 6) is 0. The quantitative estimate of drug-likeness (QED) is 0.872. The van der Waals surface area contributed by atoms with E-state index in [2.05, 4.69) is 21.8 Å². The number of epoxide rings is 1. The molecule has 3 heterocycles. The largest absolute Gasteiger partial charge is 0.433 e. The Morgan fingerprint density at radius 1 is 1.53 bits per heavy atom. The fraction of sp³-hybridized carbons (Fsp3) is 0.333. The minimum Gasteiger partial charge on any atom is -0.373 e. The van der Waals surface area contributed by atoms with Gasteiger partial charge in [0, 0.05) is 11.8 Å². The Kier molecular flexibility index (Phi) is 2.60. The summed E-state index contributed by atoms with van der Waals surface area (Å²) < 4.78 is 43.4. The highest BCUT2D eigenvalue weighted by atomic mass is 19.4. The molecular formula is C12H10F3N3O. The van der Waals surface area contributed by atoms with Gasteiger partial charge >= 0.3 is 6.18 Å². The van der Waals surface area contributed by atoms with E-state index in [1.54, 1.807) is 0 Å². The first-order valence-corrected chi connectivity index (χ1v) is 5.66. The zero-order chi connectivity index (χ0) is 13.6. The average molecular weight is 269 g/mol. The molecule has 2 aromatic rings. The molecule has 0 spiro atoms. The topological polar surface area (TPSA) is 54.1 Å². The zero-order valence-corrected chi connectivity index (χ0v) is 9.79. The van der Waals surface area contributed by atoms with Gasteiger partial charge in [0.2, 0.25) is 0 Å². The van der Waals surface area contributed by atoms with Crippen molar-refractivity contribution in [3.8, 4) is 0 Å². The minimum absolute atomic E-state index is 0.0433. The summed E-state index contributed by atoms with van der Waals surface area (Å²) in [5, 5.41) is 6.79. The first-order chi connectivity index (χ1) is 8.95. The van der Waals surface area contributed by atoms with Gasteiger partial charge in [-0.2, -0.15) is 18.3 Å². The van der Waals surface area contributed by atoms with Crippen LogP contribution in [0.2, 0.25) is 0 Å². The van der Waals surface area contributed by atoms with E-state index in [9.17, 15) is 13.2 Å². The summed E-state index contributed by atoms with van der Waals surface area (Å²) in [7, 11) is 0. The van der Waals surface area contributed by atoms with Gasteiger partial charge in [-0.25, -0.2) is 4.98 Å². The SMILES string of the molecule is C=C(CC1CO1)c1nc(C(F)(F)F)cc2cn[nH]c12. The van der Waals surface area contributed by atoms with Crippen LogP contribution in [-0.2, 0) is 10.9 Å². The number of pyridine rings is 1. The maximum absolute atomic E-state index is 12.8. The van der Waals surface area contributed by atoms with Crippen LogP contribution < -0.4 is 0 Å². The van der Waals surface area contributed by atoms with Crippen LogP contribution in [0, 0.1) is 0 Å². The molecule has 1 N–H and O–H groups in total. The number of aromatic nitrogens is 3. The van der Waals surface area contributed by atoms with E-state index >= 15 is 0 Å². The lowest BCUT2D eigenvalue weighted by atomic mass is 10.1. The molecule has 4 nitrogen and oxygen atoms in total. The fourth-order valence-electron chi connectivity index (χ4n) is 1.91. The maximum atomic E-state index is 12.8. The van der Waals surface area contributed by atoms with Crippen molar-refractivity contribution in [1.29, 1.82) is 0 Å². The number of nitrogens with zero attached hydrogens (tertiary/aromatic N) is 2. The van der Waals surface area contributed by atoms with Crippen molar-refractivity contribution in [2.45, 2.75) is 18.7 Å². The van der Waals surface area contributed by atoms with E-state index < -0.39 is 11.9 Å². The van der Waals surface area contributed by atoms with E-state index in [0.29, 0.717) is 29.5 Å². The van der Waals surface area contributed by atoms with Crippen LogP contribution in [0.25, 0.3) is 16.5 Å². The lowest BCUT2D eigenvalue weighted by Crippen LogP contribution is -2.09. The van der Waals surface area contributed by atoms with Gasteiger partial charge in [0.25, 0.3) is 0 Å². The fourth-order valence-corrected chi connectivity index (χ4v) is 1.91. The number of ether oxygens (including phenoxy) is 1. The molecule has 1 atom stereocenters. The summed E-state index contributed by atoms with van der Waals surface area (Å²) in [6.45, 7) is 4.42. The van der Waals surface area contributed by atoms with Gasteiger partial charge in [-0.1, -0.05) is 6.58 Å². The van der Waals surface area contributed by atoms with Crippen molar-refractivity contribution in [3.05, 3.63) is 30.2 Å². The molecule has 1 fully saturated rings. The molecule has 1 saturated heterocycles. The van der Waals surface area contributed by atoms with Crippen LogP contribution >= 0.6 is 0 Å². The van der Waals surface area contributed by atoms with Gasteiger partial charge in [-0.05, 0) is 11.6 Å². The molecule has 19 heavy (non-hydrogen) atoms. The molecule has 100 valence electrons. The number of nitrogens with one attached hydrogen (secondary N) is 1. The van der Waals surface area contributed by atoms with Crippen molar-refractivity contribution in [2.75, 3.05) is 6.61 Å². The molecule has 0 aromatic carbocycles. The number of H-pyrrole nitrogens is 1. The molecule has 0 radical (unpaired) electrons. The number of aromatic amines is 1. The highest BCUT2D eigenvalue weighted by Gasteiger charge is 2.34. The van der Waals surface area contributed by atoms with E-state index in [-0.39, 0.29) is 11.8 Å². The molecule has 2 aromatic heterocycles. The normalized spacial score (nSPS) is 18.8. The van der Waals surface area contributed by atoms with E-state index in [0.717, 1.165) is 6.07 Å². The Balaban J connectivity index is 2.09. The molecule has 1 aliphatic rings. The van der Waals surface area contributed by atoms with Crippen LogP contribution in [0.3, 0.4) is 0 Å². The molecule has 0 amide bonds. The lowest BCUT2D eigenvalue weighted by Gasteiger charge is -2.10. The molecule has 3 rings (SSSR count). The third kappa shape index (κ3) is 2.33. The summed E-state index contributed by atoms with van der Waals surface area (Å²) in [5.41, 5.74) is 0.258. The van der Waals surface area contributed by atoms with Crippen LogP contribution in [-0.4, -0.2) is 27.9 Å². The van der Waals surface area contributed by atoms with Gasteiger partial charge in [-0.3, -0.25) is 5.10 Å². The molecular weight excluding hydrogens is 259 g/mol. The number of fused-ring (bicyclic) bond motifs is 1. The first kappa shape index (κ1) is 12.2. The maximum Gasteiger partial charge on any atom is 0.433 e. The minimum atomic E-state index is -4.49. The van der Waals surface area contributed by atoms with Gasteiger partial charge in [0.05, 0.1) is 30.1 Å². The highest BCUT2D eigenvalue weighted by Crippen LogP contribution is 2.33. The number of hydrogen-bond acceptors (Lipinski definition) is 3. The molecule has 1 aliphatic heterocycles. The average Bonchev–Trinajstić information content (AvgIpc) is 3.01. The summed E-state index contributed by atoms with van der Waals surface area (Å²) in [4.78, 5) is 3.67. The molecule has 0 aliphatic carbocycles. The smallest absolute Gasteiger partial charge is 0.373 e. The monoisotopic (exact) mass is 269 g/mol. The van der Waals surface area contributed by atoms with E-state index in [1.165, 1.54) is 6.20 Å². The molecule has 0 saturated carbocycles. The van der Waals surface area contributed by atoms with Gasteiger partial charge in [-0.15, -0.1) is 0 Å². The Bertz CT molecular complexity index is 643. The predicted octanol–water partition coefficient (Wildman–Crippen LogP) is 2.78. The summed E-state index contributed by atoms with van der Waals surface area (Å²) >= 11 is 0. The first-order valence-electron chi connectivity index (χ1n) is 5.66. The van der Waals surface area contributed by atoms with E-state index in [1.807, 2.05) is 0 Å². The van der Waals surface area contributed by atoms with Crippen LogP contribution in [0.1, 0.15) is 17.8 Å². The number of alkyl halides is 3. The van der Waals surface area contributed by atoms with Crippen molar-refractivity contribution in [1.82, 2.24) is 15.2 Å². The second kappa shape index (κ2) is 4.06. The lowest BCUT2D eigenvalue weighted by molar-refractivity contribution is -0.141. The van der Waals surface area contributed by atoms with Crippen molar-refractivity contribution < 1.29 is 17.9 Å². The van der Waals surface area contributed by atoms with Crippen molar-refractivity contribution >= 4 is 16.5 Å². The second-order valence-electron chi connectivity index (χ2n) is 4.45. The van der Waals surface area contributed by atoms with Crippen LogP contribution in [0.4, 0.5) is 13.2 Å². The third-order valence-electron chi connectivity index (χ3n) is 2.93. The van der Waals surface area contributed by atoms with Crippen LogP contribution in [0.5, 0.6) is 0 Å². The Morgan fingerprint density at radius 3 is 2.89 bits per heavy atom. The van der Waals surface area contributed by atoms with Gasteiger partial charge in [0.15, 0.2) is 0 Å². The van der Waals surface area contributed by atoms with E-state index in [4.69, 9.17) is 4.74 Å². The Hall–Kier alpha value is -1.89. The summed E-state index contributed by atoms with van der Waals surface area (Å²) in [6.07, 6.45) is -2.63. The Labute approximate surface area is 106 Å². The second-order valence-corrected chi connectivity index (χ2v) is 4.45. The van der Waals surface area contributed by atoms with Crippen molar-refractivity contribution in [3.63, 3.8) is 0 Å². The van der Waals surface area contributed by atoms with Gasteiger partial charge in [0.1, 0.15) is 5.69 Å². The van der Waals surface area contributed by atoms with Gasteiger partial charge < -0.3 is 4.74 Å². The Morgan fingerprint density at radius 2 is 2.26 bits per heavy atom. The standard InChI is InChI=1S/C12H10F3N3O/c1-6(2-8-5-19-8)10-11-7(4-16-18-11)3-9(17-10)12(13,14)15/h3-4,8H,1-2,5H2,(H,16,18). The number of rotatable bonds is 3. The molecule has 0 bridgehead atoms. The number of halogens is 3. The highest BCUT2D eigenvalue weighted by molar-refractivity contribution is 5.88. The molecule has 1 unspecified atom stereocenters. The van der Waals surface area contributed by atoms with Crippen LogP contribution in [0.15, 0.2) is 18.8 Å². The number of hydrogen-bond donors (Lipinski definition) is 1. The van der Waals surface area contributed by atoms with Crippen molar-refractivity contribution in [2.24, 2.45) is 0 Å².